The van der Waals surface area contributed by atoms with Gasteiger partial charge in [0.25, 0.3) is 0 Å². The number of hydrogen-bond acceptors (Lipinski definition) is 2. The molecule has 0 N–H and O–H groups in total. The minimum absolute atomic E-state index is 0.0417. The highest BCUT2D eigenvalue weighted by Gasteiger charge is 2.25. The van der Waals surface area contributed by atoms with Crippen molar-refractivity contribution in [3.8, 4) is 0 Å². The minimum atomic E-state index is -0.370. The first kappa shape index (κ1) is 16.2. The van der Waals surface area contributed by atoms with Crippen molar-refractivity contribution in [2.45, 2.75) is 26.4 Å². The van der Waals surface area contributed by atoms with Crippen molar-refractivity contribution in [2.75, 3.05) is 11.4 Å². The average Bonchev–Trinajstić information content (AvgIpc) is 2.55. The molecule has 24 heavy (non-hydrogen) atoms. The van der Waals surface area contributed by atoms with E-state index in [4.69, 9.17) is 0 Å². The summed E-state index contributed by atoms with van der Waals surface area (Å²) in [5.74, 6) is -0.558. The highest BCUT2D eigenvalue weighted by molar-refractivity contribution is 5.93. The lowest BCUT2D eigenvalue weighted by molar-refractivity contribution is -0.132. The second kappa shape index (κ2) is 6.83. The summed E-state index contributed by atoms with van der Waals surface area (Å²) in [6.45, 7) is 2.51. The largest absolute Gasteiger partial charge is 0.334 e. The molecule has 0 saturated heterocycles. The zero-order chi connectivity index (χ0) is 17.1. The molecule has 0 atom stereocenters. The zero-order valence-electron chi connectivity index (χ0n) is 13.5. The fraction of sp³-hybridized carbons (Fsp3) is 0.263. The highest BCUT2D eigenvalue weighted by Crippen LogP contribution is 2.27. The van der Waals surface area contributed by atoms with Crippen LogP contribution in [0.5, 0.6) is 0 Å². The number of nitrogens with zero attached hydrogens (tertiary/aromatic N) is 2. The van der Waals surface area contributed by atoms with Crippen LogP contribution in [0.3, 0.4) is 0 Å². The van der Waals surface area contributed by atoms with Crippen molar-refractivity contribution >= 4 is 17.5 Å². The number of fused-ring (bicyclic) bond motifs is 1. The van der Waals surface area contributed by atoms with Crippen molar-refractivity contribution < 1.29 is 14.0 Å². The van der Waals surface area contributed by atoms with Crippen molar-refractivity contribution in [1.82, 2.24) is 4.90 Å². The van der Waals surface area contributed by atoms with E-state index in [0.717, 1.165) is 5.56 Å². The molecule has 0 fully saturated rings. The second-order valence-corrected chi connectivity index (χ2v) is 5.93. The topological polar surface area (TPSA) is 40.6 Å². The van der Waals surface area contributed by atoms with Crippen LogP contribution in [-0.2, 0) is 22.7 Å². The van der Waals surface area contributed by atoms with Crippen LogP contribution in [0.1, 0.15) is 24.5 Å². The summed E-state index contributed by atoms with van der Waals surface area (Å²) in [5, 5.41) is 0. The monoisotopic (exact) mass is 326 g/mol. The molecular formula is C19H19FN2O2. The SMILES string of the molecule is CC(=O)N1CCC(=O)N(Cc2ccccc2)Cc2cc(F)ccc21. The lowest BCUT2D eigenvalue weighted by Gasteiger charge is -2.31. The minimum Gasteiger partial charge on any atom is -0.334 e. The molecule has 0 unspecified atom stereocenters. The van der Waals surface area contributed by atoms with Gasteiger partial charge in [-0.05, 0) is 29.3 Å². The second-order valence-electron chi connectivity index (χ2n) is 5.93. The van der Waals surface area contributed by atoms with Gasteiger partial charge >= 0.3 is 0 Å². The molecule has 0 aliphatic carbocycles. The summed E-state index contributed by atoms with van der Waals surface area (Å²) in [4.78, 5) is 27.7. The average molecular weight is 326 g/mol. The van der Waals surface area contributed by atoms with Crippen molar-refractivity contribution in [3.05, 3.63) is 65.5 Å². The highest BCUT2D eigenvalue weighted by atomic mass is 19.1. The van der Waals surface area contributed by atoms with Gasteiger partial charge in [0.1, 0.15) is 5.82 Å². The quantitative estimate of drug-likeness (QED) is 0.851. The Labute approximate surface area is 140 Å². The summed E-state index contributed by atoms with van der Waals surface area (Å²) in [6.07, 6.45) is 0.253. The Bertz CT molecular complexity index is 761. The van der Waals surface area contributed by atoms with E-state index in [2.05, 4.69) is 0 Å². The normalized spacial score (nSPS) is 14.8. The Balaban J connectivity index is 1.95. The fourth-order valence-corrected chi connectivity index (χ4v) is 3.00. The molecule has 0 saturated carbocycles. The molecule has 0 radical (unpaired) electrons. The Kier molecular flexibility index (Phi) is 4.60. The molecule has 2 aromatic rings. The zero-order valence-corrected chi connectivity index (χ0v) is 13.5. The van der Waals surface area contributed by atoms with Crippen LogP contribution in [0, 0.1) is 5.82 Å². The maximum Gasteiger partial charge on any atom is 0.224 e. The molecule has 5 heteroatoms. The van der Waals surface area contributed by atoms with Gasteiger partial charge in [0, 0.05) is 38.7 Å². The van der Waals surface area contributed by atoms with Gasteiger partial charge in [-0.3, -0.25) is 9.59 Å². The number of benzene rings is 2. The predicted octanol–water partition coefficient (Wildman–Crippen LogP) is 3.11. The van der Waals surface area contributed by atoms with Crippen LogP contribution in [-0.4, -0.2) is 23.3 Å². The van der Waals surface area contributed by atoms with Gasteiger partial charge in [-0.1, -0.05) is 30.3 Å². The summed E-state index contributed by atoms with van der Waals surface area (Å²) in [5.41, 5.74) is 2.34. The number of amides is 2. The van der Waals surface area contributed by atoms with E-state index >= 15 is 0 Å². The molecule has 3 rings (SSSR count). The third-order valence-electron chi connectivity index (χ3n) is 4.19. The Morgan fingerprint density at radius 2 is 1.92 bits per heavy atom. The van der Waals surface area contributed by atoms with Gasteiger partial charge < -0.3 is 9.80 Å². The Morgan fingerprint density at radius 3 is 2.62 bits per heavy atom. The fourth-order valence-electron chi connectivity index (χ4n) is 3.00. The molecule has 0 aromatic heterocycles. The van der Waals surface area contributed by atoms with Crippen LogP contribution >= 0.6 is 0 Å². The molecule has 1 aliphatic heterocycles. The van der Waals surface area contributed by atoms with Gasteiger partial charge in [-0.25, -0.2) is 4.39 Å². The van der Waals surface area contributed by atoms with Crippen molar-refractivity contribution in [3.63, 3.8) is 0 Å². The van der Waals surface area contributed by atoms with E-state index in [9.17, 15) is 14.0 Å². The molecule has 2 aromatic carbocycles. The molecule has 124 valence electrons. The Hall–Kier alpha value is -2.69. The molecule has 4 nitrogen and oxygen atoms in total. The molecule has 0 bridgehead atoms. The van der Waals surface area contributed by atoms with Crippen molar-refractivity contribution in [2.24, 2.45) is 0 Å². The van der Waals surface area contributed by atoms with Gasteiger partial charge in [-0.15, -0.1) is 0 Å². The van der Waals surface area contributed by atoms with Gasteiger partial charge in [0.2, 0.25) is 11.8 Å². The van der Waals surface area contributed by atoms with E-state index in [1.807, 2.05) is 30.3 Å². The van der Waals surface area contributed by atoms with E-state index in [0.29, 0.717) is 24.3 Å². The number of hydrogen-bond donors (Lipinski definition) is 0. The smallest absolute Gasteiger partial charge is 0.224 e. The van der Waals surface area contributed by atoms with Gasteiger partial charge in [0.05, 0.1) is 0 Å². The van der Waals surface area contributed by atoms with Gasteiger partial charge in [-0.2, -0.15) is 0 Å². The van der Waals surface area contributed by atoms with Crippen LogP contribution in [0.25, 0.3) is 0 Å². The van der Waals surface area contributed by atoms with E-state index in [1.54, 1.807) is 15.9 Å². The first-order valence-electron chi connectivity index (χ1n) is 7.93. The Morgan fingerprint density at radius 1 is 1.17 bits per heavy atom. The van der Waals surface area contributed by atoms with E-state index in [-0.39, 0.29) is 30.6 Å². The molecular weight excluding hydrogens is 307 g/mol. The predicted molar refractivity (Wildman–Crippen MR) is 89.7 cm³/mol. The summed E-state index contributed by atoms with van der Waals surface area (Å²) >= 11 is 0. The van der Waals surface area contributed by atoms with Crippen LogP contribution < -0.4 is 4.90 Å². The summed E-state index contributed by atoms with van der Waals surface area (Å²) in [7, 11) is 0. The first-order chi connectivity index (χ1) is 11.5. The number of rotatable bonds is 2. The lowest BCUT2D eigenvalue weighted by Crippen LogP contribution is -2.39. The molecule has 1 heterocycles. The van der Waals surface area contributed by atoms with Crippen LogP contribution in [0.2, 0.25) is 0 Å². The van der Waals surface area contributed by atoms with Crippen LogP contribution in [0.15, 0.2) is 48.5 Å². The van der Waals surface area contributed by atoms with Gasteiger partial charge in [0.15, 0.2) is 0 Å². The number of carbonyl (C=O) groups is 2. The van der Waals surface area contributed by atoms with E-state index < -0.39 is 0 Å². The third kappa shape index (κ3) is 3.45. The third-order valence-corrected chi connectivity index (χ3v) is 4.19. The number of anilines is 1. The maximum atomic E-state index is 13.7. The summed E-state index contributed by atoms with van der Waals surface area (Å²) < 4.78 is 13.7. The van der Waals surface area contributed by atoms with Crippen LogP contribution in [0.4, 0.5) is 10.1 Å². The molecule has 1 aliphatic rings. The first-order valence-corrected chi connectivity index (χ1v) is 7.93. The molecule has 0 spiro atoms. The molecule has 2 amide bonds. The van der Waals surface area contributed by atoms with Crippen molar-refractivity contribution in [1.29, 1.82) is 0 Å². The standard InChI is InChI=1S/C19H19FN2O2/c1-14(23)22-10-9-19(24)21(12-15-5-3-2-4-6-15)13-16-11-17(20)7-8-18(16)22/h2-8,11H,9-10,12-13H2,1H3. The number of halogens is 1. The lowest BCUT2D eigenvalue weighted by atomic mass is 10.1. The number of carbonyl (C=O) groups excluding carboxylic acids is 2. The summed E-state index contributed by atoms with van der Waals surface area (Å²) in [6, 6.07) is 14.1. The maximum absolute atomic E-state index is 13.7. The van der Waals surface area contributed by atoms with E-state index in [1.165, 1.54) is 19.1 Å².